The second-order valence-electron chi connectivity index (χ2n) is 5.78. The van der Waals surface area contributed by atoms with Crippen molar-refractivity contribution in [3.8, 4) is 11.6 Å². The van der Waals surface area contributed by atoms with Gasteiger partial charge < -0.3 is 9.47 Å². The molecule has 0 unspecified atom stereocenters. The van der Waals surface area contributed by atoms with Crippen LogP contribution in [0.1, 0.15) is 15.9 Å². The van der Waals surface area contributed by atoms with Gasteiger partial charge in [0.25, 0.3) is 5.91 Å². The van der Waals surface area contributed by atoms with E-state index < -0.39 is 46.0 Å². The highest BCUT2D eigenvalue weighted by atomic mass is 35.5. The molecule has 30 heavy (non-hydrogen) atoms. The van der Waals surface area contributed by atoms with Gasteiger partial charge in [-0.25, -0.2) is 22.5 Å². The highest BCUT2D eigenvalue weighted by Crippen LogP contribution is 2.29. The molecule has 1 N–H and O–H groups in total. The summed E-state index contributed by atoms with van der Waals surface area (Å²) in [6.45, 7) is -1.89. The quantitative estimate of drug-likeness (QED) is 0.594. The molecule has 0 atom stereocenters. The highest BCUT2D eigenvalue weighted by Gasteiger charge is 2.29. The molecule has 1 amide bonds. The van der Waals surface area contributed by atoms with Gasteiger partial charge in [0.15, 0.2) is 6.61 Å². The topological polar surface area (TPSA) is 94.6 Å². The molecule has 14 heteroatoms. The summed E-state index contributed by atoms with van der Waals surface area (Å²) in [5.74, 6) is -2.68. The molecule has 0 fully saturated rings. The number of benzene rings is 1. The minimum Gasteiger partial charge on any atom is -0.487 e. The van der Waals surface area contributed by atoms with Gasteiger partial charge in [0.05, 0.1) is 18.0 Å². The van der Waals surface area contributed by atoms with Crippen LogP contribution in [0.4, 0.5) is 17.6 Å². The molecule has 0 spiro atoms. The first kappa shape index (κ1) is 24.0. The molecule has 1 aromatic heterocycles. The van der Waals surface area contributed by atoms with Crippen LogP contribution in [-0.2, 0) is 16.6 Å². The lowest BCUT2D eigenvalue weighted by Gasteiger charge is -2.12. The summed E-state index contributed by atoms with van der Waals surface area (Å²) < 4.78 is 84.2. The number of hydrogen-bond donors (Lipinski definition) is 1. The first-order valence-corrected chi connectivity index (χ1v) is 10.4. The summed E-state index contributed by atoms with van der Waals surface area (Å²) in [4.78, 5) is 15.4. The molecular weight excluding hydrogens is 479 g/mol. The van der Waals surface area contributed by atoms with Crippen LogP contribution in [0, 0.1) is 5.82 Å². The molecule has 0 bridgehead atoms. The van der Waals surface area contributed by atoms with E-state index in [1.165, 1.54) is 0 Å². The monoisotopic (exact) mass is 490 g/mol. The van der Waals surface area contributed by atoms with Crippen molar-refractivity contribution in [1.82, 2.24) is 9.71 Å². The summed E-state index contributed by atoms with van der Waals surface area (Å²) in [5, 5.41) is -0.346. The minimum atomic E-state index is -4.56. The molecule has 164 valence electrons. The summed E-state index contributed by atoms with van der Waals surface area (Å²) in [5.41, 5.74) is -0.497. The van der Waals surface area contributed by atoms with Crippen LogP contribution in [0.15, 0.2) is 24.4 Å². The number of halogens is 6. The molecule has 1 heterocycles. The van der Waals surface area contributed by atoms with Crippen molar-refractivity contribution in [3.05, 3.63) is 51.4 Å². The Morgan fingerprint density at radius 3 is 2.40 bits per heavy atom. The van der Waals surface area contributed by atoms with E-state index >= 15 is 0 Å². The predicted octanol–water partition coefficient (Wildman–Crippen LogP) is 3.74. The van der Waals surface area contributed by atoms with Crippen LogP contribution in [0.25, 0.3) is 0 Å². The Kier molecular flexibility index (Phi) is 7.37. The van der Waals surface area contributed by atoms with Gasteiger partial charge in [0.2, 0.25) is 15.9 Å². The number of rotatable bonds is 7. The van der Waals surface area contributed by atoms with Crippen LogP contribution >= 0.6 is 23.2 Å². The number of nitrogens with one attached hydrogen (secondary N) is 1. The van der Waals surface area contributed by atoms with Crippen molar-refractivity contribution in [3.63, 3.8) is 0 Å². The number of carbonyl (C=O) groups is 1. The normalized spacial score (nSPS) is 11.8. The number of alkyl halides is 3. The highest BCUT2D eigenvalue weighted by molar-refractivity contribution is 7.89. The van der Waals surface area contributed by atoms with E-state index in [0.717, 1.165) is 30.7 Å². The standard InChI is InChI=1S/C16H12Cl2F4N2O5S/c1-30(26,27)24-14(25)10-4-11(17)8(2-13(10)19)6-28-9-3-12(18)15(23-5-9)29-7-16(20,21)22/h2-5H,6-7H2,1H3,(H,24,25). The van der Waals surface area contributed by atoms with Crippen molar-refractivity contribution >= 4 is 39.1 Å². The van der Waals surface area contributed by atoms with Crippen molar-refractivity contribution in [2.75, 3.05) is 12.9 Å². The van der Waals surface area contributed by atoms with Gasteiger partial charge in [-0.2, -0.15) is 13.2 Å². The Hall–Kier alpha value is -2.31. The Balaban J connectivity index is 2.10. The average molecular weight is 491 g/mol. The molecule has 0 radical (unpaired) electrons. The van der Waals surface area contributed by atoms with Gasteiger partial charge >= 0.3 is 6.18 Å². The number of nitrogens with zero attached hydrogens (tertiary/aromatic N) is 1. The Labute approximate surface area is 178 Å². The van der Waals surface area contributed by atoms with E-state index in [1.807, 2.05) is 0 Å². The fourth-order valence-corrected chi connectivity index (χ4v) is 2.88. The largest absolute Gasteiger partial charge is 0.487 e. The van der Waals surface area contributed by atoms with Gasteiger partial charge in [0, 0.05) is 16.7 Å². The fraction of sp³-hybridized carbons (Fsp3) is 0.250. The molecular formula is C16H12Cl2F4N2O5S. The molecule has 7 nitrogen and oxygen atoms in total. The van der Waals surface area contributed by atoms with Gasteiger partial charge in [-0.15, -0.1) is 0 Å². The molecule has 0 saturated carbocycles. The molecule has 0 aliphatic carbocycles. The maximum Gasteiger partial charge on any atom is 0.422 e. The third-order valence-electron chi connectivity index (χ3n) is 3.21. The zero-order chi connectivity index (χ0) is 22.7. The average Bonchev–Trinajstić information content (AvgIpc) is 2.59. The summed E-state index contributed by atoms with van der Waals surface area (Å²) in [7, 11) is -3.90. The van der Waals surface area contributed by atoms with E-state index in [-0.39, 0.29) is 28.0 Å². The van der Waals surface area contributed by atoms with Crippen molar-refractivity contribution in [1.29, 1.82) is 0 Å². The number of carbonyl (C=O) groups excluding carboxylic acids is 1. The SMILES string of the molecule is CS(=O)(=O)NC(=O)c1cc(Cl)c(COc2cnc(OCC(F)(F)F)c(Cl)c2)cc1F. The van der Waals surface area contributed by atoms with Crippen LogP contribution < -0.4 is 14.2 Å². The van der Waals surface area contributed by atoms with Crippen LogP contribution in [0.2, 0.25) is 10.0 Å². The number of sulfonamides is 1. The second-order valence-corrected chi connectivity index (χ2v) is 8.34. The number of aromatic nitrogens is 1. The maximum absolute atomic E-state index is 14.2. The van der Waals surface area contributed by atoms with Crippen LogP contribution in [0.5, 0.6) is 11.6 Å². The Morgan fingerprint density at radius 1 is 1.17 bits per heavy atom. The van der Waals surface area contributed by atoms with E-state index in [9.17, 15) is 30.8 Å². The zero-order valence-electron chi connectivity index (χ0n) is 14.9. The summed E-state index contributed by atoms with van der Waals surface area (Å²) in [6.07, 6.45) is -2.80. The van der Waals surface area contributed by atoms with Crippen molar-refractivity contribution < 1.29 is 40.2 Å². The van der Waals surface area contributed by atoms with Crippen LogP contribution in [0.3, 0.4) is 0 Å². The van der Waals surface area contributed by atoms with Gasteiger partial charge in [-0.3, -0.25) is 4.79 Å². The summed E-state index contributed by atoms with van der Waals surface area (Å²) >= 11 is 11.8. The number of amides is 1. The molecule has 2 aromatic rings. The second kappa shape index (κ2) is 9.23. The van der Waals surface area contributed by atoms with Crippen molar-refractivity contribution in [2.45, 2.75) is 12.8 Å². The lowest BCUT2D eigenvalue weighted by molar-refractivity contribution is -0.154. The summed E-state index contributed by atoms with van der Waals surface area (Å²) in [6, 6.07) is 2.93. The van der Waals surface area contributed by atoms with E-state index in [0.29, 0.717) is 0 Å². The first-order chi connectivity index (χ1) is 13.7. The number of hydrogen-bond acceptors (Lipinski definition) is 6. The maximum atomic E-state index is 14.2. The van der Waals surface area contributed by atoms with E-state index in [2.05, 4.69) is 9.72 Å². The predicted molar refractivity (Wildman–Crippen MR) is 98.8 cm³/mol. The molecule has 2 rings (SSSR count). The van der Waals surface area contributed by atoms with E-state index in [1.54, 1.807) is 4.72 Å². The van der Waals surface area contributed by atoms with Gasteiger partial charge in [0.1, 0.15) is 23.2 Å². The van der Waals surface area contributed by atoms with Gasteiger partial charge in [-0.1, -0.05) is 23.2 Å². The Bertz CT molecular complexity index is 1060. The fourth-order valence-electron chi connectivity index (χ4n) is 2.00. The minimum absolute atomic E-state index is 0.0229. The van der Waals surface area contributed by atoms with Crippen LogP contribution in [-0.4, -0.2) is 38.3 Å². The Morgan fingerprint density at radius 2 is 1.83 bits per heavy atom. The lowest BCUT2D eigenvalue weighted by Crippen LogP contribution is -2.30. The third-order valence-corrected chi connectivity index (χ3v) is 4.39. The van der Waals surface area contributed by atoms with E-state index in [4.69, 9.17) is 27.9 Å². The third kappa shape index (κ3) is 7.18. The number of pyridine rings is 1. The smallest absolute Gasteiger partial charge is 0.422 e. The van der Waals surface area contributed by atoms with Gasteiger partial charge in [-0.05, 0) is 12.1 Å². The van der Waals surface area contributed by atoms with Crippen molar-refractivity contribution in [2.24, 2.45) is 0 Å². The number of ether oxygens (including phenoxy) is 2. The molecule has 0 aliphatic rings. The lowest BCUT2D eigenvalue weighted by atomic mass is 10.1. The first-order valence-electron chi connectivity index (χ1n) is 7.73. The molecule has 0 saturated heterocycles. The molecule has 0 aliphatic heterocycles. The molecule has 1 aromatic carbocycles. The zero-order valence-corrected chi connectivity index (χ0v) is 17.2.